The van der Waals surface area contributed by atoms with Gasteiger partial charge in [-0.15, -0.1) is 0 Å². The van der Waals surface area contributed by atoms with Gasteiger partial charge in [-0.3, -0.25) is 9.59 Å². The first-order valence-electron chi connectivity index (χ1n) is 10.6. The minimum absolute atomic E-state index is 0.179. The average Bonchev–Trinajstić information content (AvgIpc) is 2.62. The molecule has 4 N–H and O–H groups in total. The van der Waals surface area contributed by atoms with Gasteiger partial charge in [0.1, 0.15) is 17.7 Å². The summed E-state index contributed by atoms with van der Waals surface area (Å²) in [6.07, 6.45) is -0.875. The number of hydrogen-bond acceptors (Lipinski definition) is 6. The molecule has 9 heteroatoms. The maximum absolute atomic E-state index is 13.3. The first-order valence-corrected chi connectivity index (χ1v) is 10.6. The number of nitrogens with zero attached hydrogens (tertiary/aromatic N) is 1. The van der Waals surface area contributed by atoms with E-state index in [1.165, 1.54) is 0 Å². The lowest BCUT2D eigenvalue weighted by Crippen LogP contribution is -2.56. The van der Waals surface area contributed by atoms with Crippen LogP contribution >= 0.6 is 0 Å². The van der Waals surface area contributed by atoms with E-state index in [9.17, 15) is 24.6 Å². The van der Waals surface area contributed by atoms with Crippen molar-refractivity contribution in [3.63, 3.8) is 0 Å². The molecule has 32 heavy (non-hydrogen) atoms. The molecular weight excluding hydrogens is 414 g/mol. The van der Waals surface area contributed by atoms with Gasteiger partial charge in [-0.1, -0.05) is 29.8 Å². The van der Waals surface area contributed by atoms with Crippen molar-refractivity contribution in [1.82, 2.24) is 15.5 Å². The molecule has 1 rings (SSSR count). The number of carbonyl (C=O) groups excluding carboxylic acids is 3. The number of carbonyl (C=O) groups is 3. The molecule has 0 aliphatic carbocycles. The van der Waals surface area contributed by atoms with Crippen molar-refractivity contribution in [2.45, 2.75) is 71.7 Å². The second-order valence-corrected chi connectivity index (χ2v) is 9.69. The summed E-state index contributed by atoms with van der Waals surface area (Å²) in [7, 11) is 0. The fourth-order valence-electron chi connectivity index (χ4n) is 3.06. The monoisotopic (exact) mass is 451 g/mol. The van der Waals surface area contributed by atoms with Gasteiger partial charge in [0.25, 0.3) is 0 Å². The zero-order valence-electron chi connectivity index (χ0n) is 20.1. The number of hydrogen-bond donors (Lipinski definition) is 4. The highest BCUT2D eigenvalue weighted by atomic mass is 16.6. The number of benzene rings is 1. The molecule has 2 unspecified atom stereocenters. The molecule has 9 nitrogen and oxygen atoms in total. The number of amides is 3. The summed E-state index contributed by atoms with van der Waals surface area (Å²) in [5.41, 5.74) is 0.0629. The summed E-state index contributed by atoms with van der Waals surface area (Å²) < 4.78 is 5.17. The van der Waals surface area contributed by atoms with Crippen LogP contribution in [0.4, 0.5) is 4.79 Å². The molecule has 0 saturated carbocycles. The van der Waals surface area contributed by atoms with Crippen LogP contribution in [-0.2, 0) is 14.3 Å². The van der Waals surface area contributed by atoms with E-state index >= 15 is 0 Å². The molecule has 1 aromatic carbocycles. The summed E-state index contributed by atoms with van der Waals surface area (Å²) in [5.74, 6) is -1.16. The molecule has 0 aromatic heterocycles. The molecule has 2 atom stereocenters. The summed E-state index contributed by atoms with van der Waals surface area (Å²) in [6, 6.07) is 4.69. The van der Waals surface area contributed by atoms with Gasteiger partial charge in [-0.25, -0.2) is 4.79 Å². The third-order valence-corrected chi connectivity index (χ3v) is 4.21. The Bertz CT molecular complexity index is 798. The molecule has 3 amide bonds. The van der Waals surface area contributed by atoms with E-state index in [1.54, 1.807) is 39.0 Å². The zero-order valence-corrected chi connectivity index (χ0v) is 20.1. The van der Waals surface area contributed by atoms with Gasteiger partial charge >= 0.3 is 6.09 Å². The van der Waals surface area contributed by atoms with Crippen LogP contribution in [0.25, 0.3) is 0 Å². The van der Waals surface area contributed by atoms with Crippen molar-refractivity contribution < 1.29 is 29.3 Å². The Labute approximate surface area is 190 Å². The second-order valence-electron chi connectivity index (χ2n) is 9.69. The Morgan fingerprint density at radius 3 is 2.19 bits per heavy atom. The molecule has 0 aliphatic heterocycles. The fourth-order valence-corrected chi connectivity index (χ4v) is 3.06. The quantitative estimate of drug-likeness (QED) is 0.476. The smallest absolute Gasteiger partial charge is 0.408 e. The van der Waals surface area contributed by atoms with Gasteiger partial charge in [0.2, 0.25) is 11.8 Å². The highest BCUT2D eigenvalue weighted by Gasteiger charge is 2.36. The van der Waals surface area contributed by atoms with Gasteiger partial charge in [-0.2, -0.15) is 0 Å². The third kappa shape index (κ3) is 8.84. The molecule has 1 aromatic rings. The Balaban J connectivity index is 3.34. The lowest BCUT2D eigenvalue weighted by molar-refractivity contribution is -0.144. The molecule has 0 bridgehead atoms. The maximum Gasteiger partial charge on any atom is 0.408 e. The van der Waals surface area contributed by atoms with Crippen LogP contribution in [0.1, 0.15) is 58.7 Å². The minimum Gasteiger partial charge on any atom is -0.444 e. The second kappa shape index (κ2) is 11.3. The first kappa shape index (κ1) is 27.4. The van der Waals surface area contributed by atoms with Crippen LogP contribution in [0, 0.1) is 6.92 Å². The Morgan fingerprint density at radius 2 is 1.72 bits per heavy atom. The SMILES string of the molecule is Cc1cccc(C(C(=O)NC(C)(C)C)N(CCO)C(=O)C(CO)NC(=O)OC(C)(C)C)c1. The van der Waals surface area contributed by atoms with Gasteiger partial charge in [0.15, 0.2) is 0 Å². The summed E-state index contributed by atoms with van der Waals surface area (Å²) in [4.78, 5) is 39.9. The van der Waals surface area contributed by atoms with E-state index in [0.29, 0.717) is 5.56 Å². The van der Waals surface area contributed by atoms with E-state index in [2.05, 4.69) is 10.6 Å². The molecule has 0 spiro atoms. The van der Waals surface area contributed by atoms with Crippen LogP contribution in [0.5, 0.6) is 0 Å². The lowest BCUT2D eigenvalue weighted by atomic mass is 9.99. The van der Waals surface area contributed by atoms with Crippen LogP contribution in [0.2, 0.25) is 0 Å². The number of aliphatic hydroxyl groups is 2. The van der Waals surface area contributed by atoms with E-state index in [0.717, 1.165) is 10.5 Å². The first-order chi connectivity index (χ1) is 14.7. The van der Waals surface area contributed by atoms with Crippen molar-refractivity contribution in [3.05, 3.63) is 35.4 Å². The number of aliphatic hydroxyl groups excluding tert-OH is 2. The summed E-state index contributed by atoms with van der Waals surface area (Å²) >= 11 is 0. The number of aryl methyl sites for hydroxylation is 1. The van der Waals surface area contributed by atoms with Gasteiger partial charge < -0.3 is 30.5 Å². The van der Waals surface area contributed by atoms with Crippen LogP contribution < -0.4 is 10.6 Å². The molecule has 180 valence electrons. The van der Waals surface area contributed by atoms with E-state index in [1.807, 2.05) is 33.8 Å². The van der Waals surface area contributed by atoms with Crippen molar-refractivity contribution in [1.29, 1.82) is 0 Å². The van der Waals surface area contributed by atoms with Crippen molar-refractivity contribution >= 4 is 17.9 Å². The molecule has 0 radical (unpaired) electrons. The number of alkyl carbamates (subject to hydrolysis) is 1. The van der Waals surface area contributed by atoms with E-state index < -0.39 is 54.3 Å². The highest BCUT2D eigenvalue weighted by molar-refractivity contribution is 5.92. The third-order valence-electron chi connectivity index (χ3n) is 4.21. The average molecular weight is 452 g/mol. The Hall–Kier alpha value is -2.65. The summed E-state index contributed by atoms with van der Waals surface area (Å²) in [6.45, 7) is 11.0. The van der Waals surface area contributed by atoms with Crippen LogP contribution in [-0.4, -0.2) is 70.0 Å². The van der Waals surface area contributed by atoms with E-state index in [4.69, 9.17) is 4.74 Å². The normalized spacial score (nSPS) is 13.7. The zero-order chi connectivity index (χ0) is 24.7. The van der Waals surface area contributed by atoms with E-state index in [-0.39, 0.29) is 6.54 Å². The van der Waals surface area contributed by atoms with Gasteiger partial charge in [-0.05, 0) is 54.0 Å². The van der Waals surface area contributed by atoms with Crippen molar-refractivity contribution in [2.75, 3.05) is 19.8 Å². The maximum atomic E-state index is 13.3. The fraction of sp³-hybridized carbons (Fsp3) is 0.609. The molecular formula is C23H37N3O6. The predicted octanol–water partition coefficient (Wildman–Crippen LogP) is 1.66. The largest absolute Gasteiger partial charge is 0.444 e. The van der Waals surface area contributed by atoms with Crippen molar-refractivity contribution in [3.8, 4) is 0 Å². The van der Waals surface area contributed by atoms with Gasteiger partial charge in [0, 0.05) is 12.1 Å². The van der Waals surface area contributed by atoms with Crippen LogP contribution in [0.3, 0.4) is 0 Å². The Morgan fingerprint density at radius 1 is 1.09 bits per heavy atom. The number of nitrogens with one attached hydrogen (secondary N) is 2. The number of ether oxygens (including phenoxy) is 1. The van der Waals surface area contributed by atoms with Crippen LogP contribution in [0.15, 0.2) is 24.3 Å². The molecule has 0 heterocycles. The molecule has 0 saturated heterocycles. The topological polar surface area (TPSA) is 128 Å². The molecule has 0 aliphatic rings. The molecule has 0 fully saturated rings. The minimum atomic E-state index is -1.36. The standard InChI is InChI=1S/C23H37N3O6/c1-15-9-8-10-16(13-15)18(19(29)25-22(2,3)4)26(11-12-27)20(30)17(14-28)24-21(31)32-23(5,6)7/h8-10,13,17-18,27-28H,11-12,14H2,1-7H3,(H,24,31)(H,25,29). The van der Waals surface area contributed by atoms with Crippen molar-refractivity contribution in [2.24, 2.45) is 0 Å². The number of rotatable bonds is 8. The predicted molar refractivity (Wildman–Crippen MR) is 121 cm³/mol. The van der Waals surface area contributed by atoms with Gasteiger partial charge in [0.05, 0.1) is 13.2 Å². The Kier molecular flexibility index (Phi) is 9.66. The lowest BCUT2D eigenvalue weighted by Gasteiger charge is -2.35. The summed E-state index contributed by atoms with van der Waals surface area (Å²) in [5, 5.41) is 24.7. The highest BCUT2D eigenvalue weighted by Crippen LogP contribution is 2.24.